The van der Waals surface area contributed by atoms with Crippen molar-refractivity contribution in [3.05, 3.63) is 28.8 Å². The van der Waals surface area contributed by atoms with Crippen LogP contribution in [-0.4, -0.2) is 31.3 Å². The first-order valence-electron chi connectivity index (χ1n) is 6.38. The maximum atomic E-state index is 8.82. The average molecular weight is 271 g/mol. The van der Waals surface area contributed by atoms with Crippen molar-refractivity contribution in [2.75, 3.05) is 25.1 Å². The second-order valence-electron chi connectivity index (χ2n) is 4.81. The van der Waals surface area contributed by atoms with Gasteiger partial charge in [0.25, 0.3) is 0 Å². The first kappa shape index (κ1) is 15.3. The van der Waals surface area contributed by atoms with Crippen LogP contribution in [0.2, 0.25) is 5.02 Å². The van der Waals surface area contributed by atoms with Gasteiger partial charge in [-0.3, -0.25) is 0 Å². The molecule has 0 bridgehead atoms. The fourth-order valence-electron chi connectivity index (χ4n) is 1.67. The molecule has 0 aliphatic carbocycles. The van der Waals surface area contributed by atoms with E-state index in [9.17, 15) is 0 Å². The Morgan fingerprint density at radius 2 is 2.11 bits per heavy atom. The number of hydrogen-bond donors (Lipinski definition) is 2. The lowest BCUT2D eigenvalue weighted by Crippen LogP contribution is -2.22. The molecule has 3 nitrogen and oxygen atoms in total. The van der Waals surface area contributed by atoms with Crippen LogP contribution in [0.4, 0.5) is 5.69 Å². The van der Waals surface area contributed by atoms with E-state index < -0.39 is 0 Å². The van der Waals surface area contributed by atoms with Gasteiger partial charge in [0.1, 0.15) is 0 Å². The summed E-state index contributed by atoms with van der Waals surface area (Å²) in [5.41, 5.74) is 2.20. The summed E-state index contributed by atoms with van der Waals surface area (Å²) in [4.78, 5) is 2.10. The molecule has 0 aliphatic heterocycles. The summed E-state index contributed by atoms with van der Waals surface area (Å²) in [6, 6.07) is 6.56. The van der Waals surface area contributed by atoms with E-state index >= 15 is 0 Å². The Morgan fingerprint density at radius 3 is 2.67 bits per heavy atom. The third-order valence-corrected chi connectivity index (χ3v) is 3.18. The van der Waals surface area contributed by atoms with Gasteiger partial charge in [-0.2, -0.15) is 0 Å². The standard InChI is InChI=1S/C14H23ClN2O/c1-11(2)16-10-12-5-6-13(9-14(12)15)17(3)7-4-8-18/h5-6,9,11,16,18H,4,7-8,10H2,1-3H3. The summed E-state index contributed by atoms with van der Waals surface area (Å²) in [5.74, 6) is 0. The van der Waals surface area contributed by atoms with Crippen molar-refractivity contribution in [2.45, 2.75) is 32.9 Å². The summed E-state index contributed by atoms with van der Waals surface area (Å²) < 4.78 is 0. The van der Waals surface area contributed by atoms with Gasteiger partial charge in [-0.1, -0.05) is 31.5 Å². The molecule has 0 spiro atoms. The highest BCUT2D eigenvalue weighted by atomic mass is 35.5. The highest BCUT2D eigenvalue weighted by Gasteiger charge is 2.05. The monoisotopic (exact) mass is 270 g/mol. The molecular formula is C14H23ClN2O. The maximum absolute atomic E-state index is 8.82. The van der Waals surface area contributed by atoms with Gasteiger partial charge in [-0.15, -0.1) is 0 Å². The molecule has 1 aromatic rings. The number of benzene rings is 1. The molecule has 0 amide bonds. The molecule has 102 valence electrons. The van der Waals surface area contributed by atoms with Crippen LogP contribution in [0.3, 0.4) is 0 Å². The number of anilines is 1. The molecule has 0 saturated carbocycles. The van der Waals surface area contributed by atoms with Crippen LogP contribution in [0.1, 0.15) is 25.8 Å². The Kier molecular flexibility index (Phi) is 6.47. The number of aliphatic hydroxyl groups excluding tert-OH is 1. The molecular weight excluding hydrogens is 248 g/mol. The summed E-state index contributed by atoms with van der Waals surface area (Å²) in [6.07, 6.45) is 0.769. The number of nitrogens with one attached hydrogen (secondary N) is 1. The van der Waals surface area contributed by atoms with E-state index in [0.29, 0.717) is 6.04 Å². The van der Waals surface area contributed by atoms with Gasteiger partial charge in [-0.05, 0) is 24.1 Å². The summed E-state index contributed by atoms with van der Waals surface area (Å²) >= 11 is 6.27. The number of aliphatic hydroxyl groups is 1. The fourth-order valence-corrected chi connectivity index (χ4v) is 1.91. The Labute approximate surface area is 115 Å². The molecule has 0 aliphatic rings. The van der Waals surface area contributed by atoms with Crippen LogP contribution < -0.4 is 10.2 Å². The number of hydrogen-bond acceptors (Lipinski definition) is 3. The first-order chi connectivity index (χ1) is 8.54. The van der Waals surface area contributed by atoms with Gasteiger partial charge < -0.3 is 15.3 Å². The lowest BCUT2D eigenvalue weighted by molar-refractivity contribution is 0.290. The van der Waals surface area contributed by atoms with Crippen molar-refractivity contribution in [3.63, 3.8) is 0 Å². The van der Waals surface area contributed by atoms with E-state index in [2.05, 4.69) is 36.2 Å². The third kappa shape index (κ3) is 4.84. The Balaban J connectivity index is 2.66. The summed E-state index contributed by atoms with van der Waals surface area (Å²) in [6.45, 7) is 6.07. The normalized spacial score (nSPS) is 11.0. The van der Waals surface area contributed by atoms with Gasteiger partial charge in [0.15, 0.2) is 0 Å². The van der Waals surface area contributed by atoms with Crippen molar-refractivity contribution >= 4 is 17.3 Å². The Morgan fingerprint density at radius 1 is 1.39 bits per heavy atom. The topological polar surface area (TPSA) is 35.5 Å². The predicted molar refractivity (Wildman–Crippen MR) is 78.4 cm³/mol. The van der Waals surface area contributed by atoms with Gasteiger partial charge in [0, 0.05) is 43.5 Å². The van der Waals surface area contributed by atoms with Gasteiger partial charge in [-0.25, -0.2) is 0 Å². The second-order valence-corrected chi connectivity index (χ2v) is 5.22. The van der Waals surface area contributed by atoms with Crippen molar-refractivity contribution in [1.29, 1.82) is 0 Å². The highest BCUT2D eigenvalue weighted by Crippen LogP contribution is 2.23. The van der Waals surface area contributed by atoms with Crippen molar-refractivity contribution in [1.82, 2.24) is 5.32 Å². The number of rotatable bonds is 7. The van der Waals surface area contributed by atoms with E-state index in [1.165, 1.54) is 0 Å². The van der Waals surface area contributed by atoms with Crippen LogP contribution in [0.15, 0.2) is 18.2 Å². The zero-order valence-electron chi connectivity index (χ0n) is 11.4. The van der Waals surface area contributed by atoms with E-state index in [4.69, 9.17) is 16.7 Å². The molecule has 1 rings (SSSR count). The SMILES string of the molecule is CC(C)NCc1ccc(N(C)CCCO)cc1Cl. The molecule has 0 unspecified atom stereocenters. The molecule has 0 heterocycles. The summed E-state index contributed by atoms with van der Waals surface area (Å²) in [5, 5.41) is 13.0. The second kappa shape index (κ2) is 7.62. The van der Waals surface area contributed by atoms with Crippen LogP contribution in [0.25, 0.3) is 0 Å². The minimum absolute atomic E-state index is 0.217. The third-order valence-electron chi connectivity index (χ3n) is 2.83. The Hall–Kier alpha value is -0.770. The van der Waals surface area contributed by atoms with Gasteiger partial charge in [0.05, 0.1) is 0 Å². The maximum Gasteiger partial charge on any atom is 0.0471 e. The lowest BCUT2D eigenvalue weighted by Gasteiger charge is -2.20. The predicted octanol–water partition coefficient (Wildman–Crippen LogP) is 2.66. The molecule has 4 heteroatoms. The first-order valence-corrected chi connectivity index (χ1v) is 6.76. The number of halogens is 1. The zero-order valence-corrected chi connectivity index (χ0v) is 12.2. The molecule has 2 N–H and O–H groups in total. The Bertz CT molecular complexity index is 369. The highest BCUT2D eigenvalue weighted by molar-refractivity contribution is 6.31. The van der Waals surface area contributed by atoms with Crippen LogP contribution in [-0.2, 0) is 6.54 Å². The zero-order chi connectivity index (χ0) is 13.5. The van der Waals surface area contributed by atoms with E-state index in [1.54, 1.807) is 0 Å². The van der Waals surface area contributed by atoms with Crippen LogP contribution in [0.5, 0.6) is 0 Å². The average Bonchev–Trinajstić information content (AvgIpc) is 2.34. The van der Waals surface area contributed by atoms with E-state index in [-0.39, 0.29) is 6.61 Å². The van der Waals surface area contributed by atoms with Crippen molar-refractivity contribution < 1.29 is 5.11 Å². The fraction of sp³-hybridized carbons (Fsp3) is 0.571. The molecule has 1 aromatic carbocycles. The molecule has 0 aromatic heterocycles. The lowest BCUT2D eigenvalue weighted by atomic mass is 10.2. The van der Waals surface area contributed by atoms with E-state index in [0.717, 1.165) is 35.8 Å². The van der Waals surface area contributed by atoms with Gasteiger partial charge >= 0.3 is 0 Å². The van der Waals surface area contributed by atoms with Crippen molar-refractivity contribution in [3.8, 4) is 0 Å². The largest absolute Gasteiger partial charge is 0.396 e. The smallest absolute Gasteiger partial charge is 0.0471 e. The van der Waals surface area contributed by atoms with Gasteiger partial charge in [0.2, 0.25) is 0 Å². The molecule has 18 heavy (non-hydrogen) atoms. The van der Waals surface area contributed by atoms with Crippen LogP contribution in [0, 0.1) is 0 Å². The minimum atomic E-state index is 0.217. The number of nitrogens with zero attached hydrogens (tertiary/aromatic N) is 1. The minimum Gasteiger partial charge on any atom is -0.396 e. The van der Waals surface area contributed by atoms with Crippen LogP contribution >= 0.6 is 11.6 Å². The van der Waals surface area contributed by atoms with Crippen molar-refractivity contribution in [2.24, 2.45) is 0 Å². The molecule has 0 atom stereocenters. The molecule has 0 saturated heterocycles. The van der Waals surface area contributed by atoms with E-state index in [1.807, 2.05) is 13.1 Å². The molecule has 0 radical (unpaired) electrons. The quantitative estimate of drug-likeness (QED) is 0.800. The molecule has 0 fully saturated rings. The summed E-state index contributed by atoms with van der Waals surface area (Å²) in [7, 11) is 2.01.